The summed E-state index contributed by atoms with van der Waals surface area (Å²) in [5.41, 5.74) is 2.08. The second-order valence-electron chi connectivity index (χ2n) is 10.1. The Morgan fingerprint density at radius 1 is 1.05 bits per heavy atom. The van der Waals surface area contributed by atoms with Crippen molar-refractivity contribution in [3.8, 4) is 0 Å². The van der Waals surface area contributed by atoms with E-state index < -0.39 is 48.4 Å². The fourth-order valence-electron chi connectivity index (χ4n) is 5.51. The molecule has 2 aliphatic rings. The Balaban J connectivity index is 1.48. The lowest BCUT2D eigenvalue weighted by atomic mass is 9.89. The van der Waals surface area contributed by atoms with Crippen molar-refractivity contribution >= 4 is 46.5 Å². The number of halogens is 1. The number of hydrogen-bond acceptors (Lipinski definition) is 10. The summed E-state index contributed by atoms with van der Waals surface area (Å²) in [6.45, 7) is 5.29. The van der Waals surface area contributed by atoms with Crippen molar-refractivity contribution in [2.75, 3.05) is 18.0 Å². The van der Waals surface area contributed by atoms with Crippen molar-refractivity contribution in [2.24, 2.45) is 5.92 Å². The van der Waals surface area contributed by atoms with E-state index in [9.17, 15) is 19.5 Å². The number of nitrogens with zero attached hydrogens (tertiary/aromatic N) is 5. The van der Waals surface area contributed by atoms with Crippen LogP contribution in [0.25, 0.3) is 11.2 Å². The molecule has 12 nitrogen and oxygen atoms in total. The molecule has 0 saturated carbocycles. The molecule has 2 aliphatic heterocycles. The Morgan fingerprint density at radius 2 is 1.70 bits per heavy atom. The van der Waals surface area contributed by atoms with E-state index >= 15 is 0 Å². The molecule has 40 heavy (non-hydrogen) atoms. The van der Waals surface area contributed by atoms with Crippen molar-refractivity contribution in [2.45, 2.75) is 64.1 Å². The number of ether oxygens (including phenoxy) is 3. The number of esters is 2. The first-order valence-electron chi connectivity index (χ1n) is 13.1. The highest BCUT2D eigenvalue weighted by molar-refractivity contribution is 6.28. The molecule has 2 fully saturated rings. The van der Waals surface area contributed by atoms with Crippen molar-refractivity contribution < 1.29 is 33.7 Å². The van der Waals surface area contributed by atoms with E-state index in [4.69, 9.17) is 25.8 Å². The molecule has 212 valence electrons. The summed E-state index contributed by atoms with van der Waals surface area (Å²) < 4.78 is 18.6. The van der Waals surface area contributed by atoms with Crippen molar-refractivity contribution in [3.63, 3.8) is 0 Å². The maximum absolute atomic E-state index is 12.1. The summed E-state index contributed by atoms with van der Waals surface area (Å²) in [7, 11) is 0. The molecule has 0 radical (unpaired) electrons. The third kappa shape index (κ3) is 5.46. The van der Waals surface area contributed by atoms with Gasteiger partial charge in [0.1, 0.15) is 6.10 Å². The van der Waals surface area contributed by atoms with Crippen molar-refractivity contribution in [1.82, 2.24) is 19.5 Å². The van der Waals surface area contributed by atoms with E-state index in [1.54, 1.807) is 0 Å². The van der Waals surface area contributed by atoms with E-state index in [0.29, 0.717) is 22.9 Å². The normalized spacial score (nSPS) is 24.1. The third-order valence-electron chi connectivity index (χ3n) is 7.43. The highest BCUT2D eigenvalue weighted by atomic mass is 35.5. The number of piperidine rings is 1. The number of carboxylic acids is 1. The molecule has 5 rings (SSSR count). The van der Waals surface area contributed by atoms with Gasteiger partial charge in [-0.3, -0.25) is 19.0 Å². The van der Waals surface area contributed by atoms with Crippen LogP contribution in [0.15, 0.2) is 36.7 Å². The lowest BCUT2D eigenvalue weighted by molar-refractivity contribution is -0.166. The number of anilines is 1. The van der Waals surface area contributed by atoms with Crippen LogP contribution in [-0.2, 0) is 28.6 Å². The molecule has 1 unspecified atom stereocenters. The molecule has 13 heteroatoms. The maximum Gasteiger partial charge on any atom is 0.309 e. The molecule has 1 N–H and O–H groups in total. The summed E-state index contributed by atoms with van der Waals surface area (Å²) >= 11 is 6.38. The number of hydrogen-bond donors (Lipinski definition) is 1. The van der Waals surface area contributed by atoms with Crippen LogP contribution in [0.4, 0.5) is 5.82 Å². The predicted octanol–water partition coefficient (Wildman–Crippen LogP) is 3.35. The molecule has 1 aromatic carbocycles. The average Bonchev–Trinajstić information content (AvgIpc) is 3.49. The Kier molecular flexibility index (Phi) is 7.90. The SMILES string of the molecule is CC(=O)O[C@@H]1[C@H](OC(C)=O)[C@@H](C(C)C(=O)O)O[C@H]1n1cnc2c(N3CCC(c4ccccc4)CC3)nc(Cl)nc21. The number of benzene rings is 1. The number of aromatic nitrogens is 4. The minimum absolute atomic E-state index is 0.0107. The Bertz CT molecular complexity index is 1410. The van der Waals surface area contributed by atoms with E-state index in [0.717, 1.165) is 25.9 Å². The van der Waals surface area contributed by atoms with Crippen LogP contribution in [0.2, 0.25) is 5.28 Å². The van der Waals surface area contributed by atoms with Crippen LogP contribution < -0.4 is 4.90 Å². The lowest BCUT2D eigenvalue weighted by Crippen LogP contribution is -2.42. The molecule has 0 spiro atoms. The first kappa shape index (κ1) is 27.8. The smallest absolute Gasteiger partial charge is 0.309 e. The molecule has 5 atom stereocenters. The zero-order valence-electron chi connectivity index (χ0n) is 22.3. The van der Waals surface area contributed by atoms with Gasteiger partial charge in [0.15, 0.2) is 35.4 Å². The minimum atomic E-state index is -1.18. The maximum atomic E-state index is 12.1. The number of aliphatic carboxylic acids is 1. The number of imidazole rings is 1. The van der Waals surface area contributed by atoms with Crippen LogP contribution in [0, 0.1) is 5.92 Å². The van der Waals surface area contributed by atoms with E-state index in [1.165, 1.54) is 37.2 Å². The second-order valence-corrected chi connectivity index (χ2v) is 10.4. The summed E-state index contributed by atoms with van der Waals surface area (Å²) in [6, 6.07) is 10.4. The zero-order valence-corrected chi connectivity index (χ0v) is 23.0. The molecule has 0 bridgehead atoms. The van der Waals surface area contributed by atoms with Crippen LogP contribution in [0.5, 0.6) is 0 Å². The van der Waals surface area contributed by atoms with E-state index in [2.05, 4.69) is 32.0 Å². The summed E-state index contributed by atoms with van der Waals surface area (Å²) in [5, 5.41) is 9.66. The first-order chi connectivity index (χ1) is 19.1. The van der Waals surface area contributed by atoms with Gasteiger partial charge in [-0.05, 0) is 42.8 Å². The zero-order chi connectivity index (χ0) is 28.6. The Labute approximate surface area is 235 Å². The molecule has 3 aromatic rings. The summed E-state index contributed by atoms with van der Waals surface area (Å²) in [4.78, 5) is 51.4. The van der Waals surface area contributed by atoms with Gasteiger partial charge in [-0.25, -0.2) is 4.98 Å². The van der Waals surface area contributed by atoms with Gasteiger partial charge in [0.2, 0.25) is 5.28 Å². The third-order valence-corrected chi connectivity index (χ3v) is 7.60. The van der Waals surface area contributed by atoms with E-state index in [1.807, 2.05) is 18.2 Å². The molecule has 2 aromatic heterocycles. The van der Waals surface area contributed by atoms with Gasteiger partial charge in [0.25, 0.3) is 0 Å². The van der Waals surface area contributed by atoms with E-state index in [-0.39, 0.29) is 5.28 Å². The highest BCUT2D eigenvalue weighted by Crippen LogP contribution is 2.40. The van der Waals surface area contributed by atoms with Crippen molar-refractivity contribution in [1.29, 1.82) is 0 Å². The number of carbonyl (C=O) groups is 3. The summed E-state index contributed by atoms with van der Waals surface area (Å²) in [5.74, 6) is -2.57. The molecular formula is C27H30ClN5O7. The number of fused-ring (bicyclic) bond motifs is 1. The van der Waals surface area contributed by atoms with Gasteiger partial charge in [-0.1, -0.05) is 30.3 Å². The molecular weight excluding hydrogens is 542 g/mol. The monoisotopic (exact) mass is 571 g/mol. The fraction of sp³-hybridized carbons (Fsp3) is 0.481. The predicted molar refractivity (Wildman–Crippen MR) is 143 cm³/mol. The van der Waals surface area contributed by atoms with Crippen LogP contribution in [0.3, 0.4) is 0 Å². The van der Waals surface area contributed by atoms with Gasteiger partial charge in [0, 0.05) is 26.9 Å². The standard InChI is InChI=1S/C27H30ClN5O7/c1-14(26(36)37)20-21(38-15(2)34)22(39-16(3)35)25(40-20)33-13-29-19-23(30-27(28)31-24(19)33)32-11-9-18(10-12-32)17-7-5-4-6-8-17/h4-8,13-14,18,20-22,25H,9-12H2,1-3H3,(H,36,37)/t14?,20-,21-,22-,25-/m1/s1. The topological polar surface area (TPSA) is 146 Å². The quantitative estimate of drug-likeness (QED) is 0.329. The Hall–Kier alpha value is -3.77. The fourth-order valence-corrected chi connectivity index (χ4v) is 5.67. The van der Waals surface area contributed by atoms with Gasteiger partial charge in [-0.15, -0.1) is 0 Å². The molecule has 0 aliphatic carbocycles. The highest BCUT2D eigenvalue weighted by Gasteiger charge is 2.53. The molecule has 0 amide bonds. The van der Waals surface area contributed by atoms with Crippen LogP contribution in [0.1, 0.15) is 51.3 Å². The van der Waals surface area contributed by atoms with Gasteiger partial charge in [-0.2, -0.15) is 9.97 Å². The lowest BCUT2D eigenvalue weighted by Gasteiger charge is -2.33. The number of carbonyl (C=O) groups excluding carboxylic acids is 2. The average molecular weight is 572 g/mol. The number of rotatable bonds is 7. The number of carboxylic acid groups (broad SMARTS) is 1. The van der Waals surface area contributed by atoms with Gasteiger partial charge < -0.3 is 24.2 Å². The largest absolute Gasteiger partial charge is 0.481 e. The van der Waals surface area contributed by atoms with Gasteiger partial charge >= 0.3 is 17.9 Å². The van der Waals surface area contributed by atoms with Gasteiger partial charge in [0.05, 0.1) is 12.2 Å². The summed E-state index contributed by atoms with van der Waals surface area (Å²) in [6.07, 6.45) is -1.24. The van der Waals surface area contributed by atoms with Crippen LogP contribution >= 0.6 is 11.6 Å². The second kappa shape index (κ2) is 11.4. The van der Waals surface area contributed by atoms with Crippen molar-refractivity contribution in [3.05, 3.63) is 47.5 Å². The first-order valence-corrected chi connectivity index (χ1v) is 13.4. The minimum Gasteiger partial charge on any atom is -0.481 e. The molecule has 4 heterocycles. The molecule has 2 saturated heterocycles. The Morgan fingerprint density at radius 3 is 2.33 bits per heavy atom. The van der Waals surface area contributed by atoms with Crippen LogP contribution in [-0.4, -0.2) is 73.9 Å².